The zero-order chi connectivity index (χ0) is 19.8. The molecule has 3 heterocycles. The number of hydrogen-bond acceptors (Lipinski definition) is 4. The van der Waals surface area contributed by atoms with Gasteiger partial charge in [-0.25, -0.2) is 4.39 Å². The number of carbonyl (C=O) groups is 2. The summed E-state index contributed by atoms with van der Waals surface area (Å²) in [5.74, 6) is -0.753. The number of benzene rings is 1. The van der Waals surface area contributed by atoms with Crippen molar-refractivity contribution in [2.45, 2.75) is 20.3 Å². The molecule has 1 aromatic carbocycles. The van der Waals surface area contributed by atoms with E-state index in [0.29, 0.717) is 25.3 Å². The number of H-pyrrole nitrogens is 1. The molecule has 2 fully saturated rings. The van der Waals surface area contributed by atoms with Crippen molar-refractivity contribution in [3.05, 3.63) is 41.5 Å². The number of nitrogens with one attached hydrogen (secondary N) is 1. The Labute approximate surface area is 163 Å². The largest absolute Gasteiger partial charge is 0.365 e. The molecule has 2 amide bonds. The molecule has 1 atom stereocenters. The molecule has 2 saturated heterocycles. The van der Waals surface area contributed by atoms with Crippen molar-refractivity contribution in [3.63, 3.8) is 0 Å². The second-order valence-electron chi connectivity index (χ2n) is 7.48. The van der Waals surface area contributed by atoms with E-state index in [1.807, 2.05) is 18.7 Å². The monoisotopic (exact) mass is 385 g/mol. The van der Waals surface area contributed by atoms with Crippen molar-refractivity contribution in [2.75, 3.05) is 42.5 Å². The van der Waals surface area contributed by atoms with Crippen molar-refractivity contribution in [1.29, 1.82) is 0 Å². The molecule has 0 saturated carbocycles. The maximum atomic E-state index is 13.1. The molecule has 2 aliphatic heterocycles. The minimum Gasteiger partial charge on any atom is -0.365 e. The van der Waals surface area contributed by atoms with Crippen LogP contribution in [-0.4, -0.2) is 59.6 Å². The van der Waals surface area contributed by atoms with E-state index in [1.165, 1.54) is 12.1 Å². The Morgan fingerprint density at radius 2 is 1.82 bits per heavy atom. The molecule has 28 heavy (non-hydrogen) atoms. The zero-order valence-electron chi connectivity index (χ0n) is 16.1. The van der Waals surface area contributed by atoms with E-state index in [-0.39, 0.29) is 30.0 Å². The molecule has 2 aliphatic rings. The summed E-state index contributed by atoms with van der Waals surface area (Å²) in [6, 6.07) is 5.82. The van der Waals surface area contributed by atoms with Gasteiger partial charge in [-0.1, -0.05) is 0 Å². The fourth-order valence-electron chi connectivity index (χ4n) is 4.16. The summed E-state index contributed by atoms with van der Waals surface area (Å²) in [6.07, 6.45) is 0.205. The Morgan fingerprint density at radius 1 is 1.14 bits per heavy atom. The summed E-state index contributed by atoms with van der Waals surface area (Å²) in [7, 11) is 0. The van der Waals surface area contributed by atoms with Crippen LogP contribution in [0.5, 0.6) is 0 Å². The average molecular weight is 385 g/mol. The van der Waals surface area contributed by atoms with Gasteiger partial charge < -0.3 is 14.7 Å². The predicted octanol–water partition coefficient (Wildman–Crippen LogP) is 1.87. The van der Waals surface area contributed by atoms with E-state index in [1.54, 1.807) is 17.0 Å². The van der Waals surface area contributed by atoms with Gasteiger partial charge in [-0.05, 0) is 38.1 Å². The Hall–Kier alpha value is -2.90. The molecule has 148 valence electrons. The number of amides is 2. The van der Waals surface area contributed by atoms with Crippen LogP contribution in [0.2, 0.25) is 0 Å². The first-order chi connectivity index (χ1) is 13.4. The van der Waals surface area contributed by atoms with Gasteiger partial charge in [0.2, 0.25) is 11.8 Å². The lowest BCUT2D eigenvalue weighted by Crippen LogP contribution is -2.51. The molecule has 1 unspecified atom stereocenters. The number of halogens is 1. The third-order valence-electron chi connectivity index (χ3n) is 5.61. The third kappa shape index (κ3) is 3.34. The van der Waals surface area contributed by atoms with E-state index >= 15 is 0 Å². The summed E-state index contributed by atoms with van der Waals surface area (Å²) < 4.78 is 13.1. The van der Waals surface area contributed by atoms with Gasteiger partial charge in [0.15, 0.2) is 0 Å². The van der Waals surface area contributed by atoms with Gasteiger partial charge in [-0.15, -0.1) is 0 Å². The SMILES string of the molecule is Cc1n[nH]c(C)c1N1CCN(C(=O)C2CC(=O)N(c3ccc(F)cc3)C2)CC1. The zero-order valence-corrected chi connectivity index (χ0v) is 16.1. The highest BCUT2D eigenvalue weighted by molar-refractivity contribution is 6.00. The molecule has 2 aromatic rings. The van der Waals surface area contributed by atoms with Gasteiger partial charge in [0.1, 0.15) is 5.82 Å². The molecular formula is C20H24FN5O2. The van der Waals surface area contributed by atoms with Crippen LogP contribution in [0.3, 0.4) is 0 Å². The molecule has 8 heteroatoms. The van der Waals surface area contributed by atoms with Crippen LogP contribution in [0.25, 0.3) is 0 Å². The van der Waals surface area contributed by atoms with E-state index in [9.17, 15) is 14.0 Å². The van der Waals surface area contributed by atoms with Gasteiger partial charge in [0, 0.05) is 44.8 Å². The second kappa shape index (κ2) is 7.26. The molecule has 4 rings (SSSR count). The van der Waals surface area contributed by atoms with Crippen LogP contribution in [0.1, 0.15) is 17.8 Å². The van der Waals surface area contributed by atoms with Gasteiger partial charge in [0.25, 0.3) is 0 Å². The third-order valence-corrected chi connectivity index (χ3v) is 5.61. The predicted molar refractivity (Wildman–Crippen MR) is 104 cm³/mol. The van der Waals surface area contributed by atoms with Crippen LogP contribution >= 0.6 is 0 Å². The number of aromatic nitrogens is 2. The number of nitrogens with zero attached hydrogens (tertiary/aromatic N) is 4. The molecule has 1 N–H and O–H groups in total. The van der Waals surface area contributed by atoms with Crippen molar-refractivity contribution in [1.82, 2.24) is 15.1 Å². The lowest BCUT2D eigenvalue weighted by atomic mass is 10.1. The van der Waals surface area contributed by atoms with Crippen LogP contribution in [-0.2, 0) is 9.59 Å². The summed E-state index contributed by atoms with van der Waals surface area (Å²) in [4.78, 5) is 31.0. The summed E-state index contributed by atoms with van der Waals surface area (Å²) in [5.41, 5.74) is 3.75. The second-order valence-corrected chi connectivity index (χ2v) is 7.48. The summed E-state index contributed by atoms with van der Waals surface area (Å²) >= 11 is 0. The van der Waals surface area contributed by atoms with Crippen molar-refractivity contribution < 1.29 is 14.0 Å². The Morgan fingerprint density at radius 3 is 2.43 bits per heavy atom. The molecule has 0 radical (unpaired) electrons. The van der Waals surface area contributed by atoms with Crippen molar-refractivity contribution >= 4 is 23.2 Å². The van der Waals surface area contributed by atoms with Crippen LogP contribution in [0.4, 0.5) is 15.8 Å². The maximum absolute atomic E-state index is 13.1. The minimum absolute atomic E-state index is 0.0262. The lowest BCUT2D eigenvalue weighted by Gasteiger charge is -2.37. The van der Waals surface area contributed by atoms with Gasteiger partial charge >= 0.3 is 0 Å². The number of hydrogen-bond donors (Lipinski definition) is 1. The molecular weight excluding hydrogens is 361 g/mol. The first kappa shape index (κ1) is 18.5. The van der Waals surface area contributed by atoms with E-state index in [2.05, 4.69) is 15.1 Å². The van der Waals surface area contributed by atoms with Gasteiger partial charge in [0.05, 0.1) is 23.0 Å². The molecule has 7 nitrogen and oxygen atoms in total. The van der Waals surface area contributed by atoms with Crippen LogP contribution in [0.15, 0.2) is 24.3 Å². The highest BCUT2D eigenvalue weighted by atomic mass is 19.1. The smallest absolute Gasteiger partial charge is 0.228 e. The van der Waals surface area contributed by atoms with Gasteiger partial charge in [-0.3, -0.25) is 14.7 Å². The number of anilines is 2. The number of piperazine rings is 1. The Balaban J connectivity index is 1.38. The molecule has 1 aromatic heterocycles. The molecule has 0 spiro atoms. The lowest BCUT2D eigenvalue weighted by molar-refractivity contribution is -0.136. The number of rotatable bonds is 3. The maximum Gasteiger partial charge on any atom is 0.228 e. The summed E-state index contributed by atoms with van der Waals surface area (Å²) in [5, 5.41) is 7.25. The highest BCUT2D eigenvalue weighted by Gasteiger charge is 2.38. The first-order valence-electron chi connectivity index (χ1n) is 9.55. The van der Waals surface area contributed by atoms with Crippen molar-refractivity contribution in [3.8, 4) is 0 Å². The number of aryl methyl sites for hydroxylation is 2. The molecule has 0 bridgehead atoms. The normalized spacial score (nSPS) is 20.2. The first-order valence-corrected chi connectivity index (χ1v) is 9.55. The highest BCUT2D eigenvalue weighted by Crippen LogP contribution is 2.28. The fraction of sp³-hybridized carbons (Fsp3) is 0.450. The molecule has 0 aliphatic carbocycles. The quantitative estimate of drug-likeness (QED) is 0.876. The van der Waals surface area contributed by atoms with Crippen LogP contribution in [0, 0.1) is 25.6 Å². The topological polar surface area (TPSA) is 72.5 Å². The summed E-state index contributed by atoms with van der Waals surface area (Å²) in [6.45, 7) is 7.08. The van der Waals surface area contributed by atoms with E-state index < -0.39 is 0 Å². The van der Waals surface area contributed by atoms with Gasteiger partial charge in [-0.2, -0.15) is 5.10 Å². The van der Waals surface area contributed by atoms with Crippen LogP contribution < -0.4 is 9.80 Å². The van der Waals surface area contributed by atoms with Crippen molar-refractivity contribution in [2.24, 2.45) is 5.92 Å². The standard InChI is InChI=1S/C20H24FN5O2/c1-13-19(14(2)23-22-13)24-7-9-25(10-8-24)20(28)15-11-18(27)26(12-15)17-5-3-16(21)4-6-17/h3-6,15H,7-12H2,1-2H3,(H,22,23). The number of carbonyl (C=O) groups excluding carboxylic acids is 2. The minimum atomic E-state index is -0.346. The fourth-order valence-corrected chi connectivity index (χ4v) is 4.16. The number of aromatic amines is 1. The van der Waals surface area contributed by atoms with E-state index in [0.717, 1.165) is 30.2 Å². The Kier molecular flexibility index (Phi) is 4.78. The Bertz CT molecular complexity index is 867. The average Bonchev–Trinajstić information content (AvgIpc) is 3.24. The van der Waals surface area contributed by atoms with E-state index in [4.69, 9.17) is 0 Å².